The Balaban J connectivity index is 2.82. The van der Waals surface area contributed by atoms with Crippen LogP contribution in [0, 0.1) is 16.0 Å². The van der Waals surface area contributed by atoms with Crippen LogP contribution in [-0.2, 0) is 0 Å². The van der Waals surface area contributed by atoms with Gasteiger partial charge in [0.15, 0.2) is 5.75 Å². The van der Waals surface area contributed by atoms with Gasteiger partial charge in [-0.15, -0.1) is 11.6 Å². The average Bonchev–Trinajstić information content (AvgIpc) is 2.26. The van der Waals surface area contributed by atoms with Crippen LogP contribution >= 0.6 is 23.2 Å². The monoisotopic (exact) mass is 263 g/mol. The van der Waals surface area contributed by atoms with Crippen LogP contribution in [0.4, 0.5) is 5.69 Å². The zero-order valence-electron chi connectivity index (χ0n) is 8.65. The van der Waals surface area contributed by atoms with Crippen LogP contribution in [0.2, 0.25) is 5.02 Å². The molecule has 0 amide bonds. The van der Waals surface area contributed by atoms with Gasteiger partial charge in [-0.3, -0.25) is 10.1 Å². The van der Waals surface area contributed by atoms with E-state index in [9.17, 15) is 10.1 Å². The van der Waals surface area contributed by atoms with E-state index in [-0.39, 0.29) is 17.4 Å². The summed E-state index contributed by atoms with van der Waals surface area (Å²) in [5, 5.41) is 11.0. The zero-order valence-corrected chi connectivity index (χ0v) is 10.2. The quantitative estimate of drug-likeness (QED) is 0.464. The summed E-state index contributed by atoms with van der Waals surface area (Å²) in [6.07, 6.45) is 0. The number of alkyl halides is 1. The van der Waals surface area contributed by atoms with E-state index in [0.717, 1.165) is 0 Å². The van der Waals surface area contributed by atoms with Crippen LogP contribution in [0.25, 0.3) is 0 Å². The molecule has 0 N–H and O–H groups in total. The Morgan fingerprint density at radius 1 is 1.56 bits per heavy atom. The highest BCUT2D eigenvalue weighted by molar-refractivity contribution is 6.30. The summed E-state index contributed by atoms with van der Waals surface area (Å²) in [6.45, 7) is 2.24. The molecule has 0 saturated carbocycles. The molecule has 1 unspecified atom stereocenters. The molecule has 0 aliphatic heterocycles. The molecule has 0 aliphatic rings. The summed E-state index contributed by atoms with van der Waals surface area (Å²) >= 11 is 11.3. The van der Waals surface area contributed by atoms with Crippen LogP contribution < -0.4 is 4.74 Å². The molecule has 0 fully saturated rings. The number of nitrogens with zero attached hydrogens (tertiary/aromatic N) is 1. The van der Waals surface area contributed by atoms with E-state index in [1.165, 1.54) is 12.1 Å². The first-order valence-electron chi connectivity index (χ1n) is 4.67. The minimum atomic E-state index is -0.521. The van der Waals surface area contributed by atoms with E-state index >= 15 is 0 Å². The van der Waals surface area contributed by atoms with E-state index in [2.05, 4.69) is 0 Å². The lowest BCUT2D eigenvalue weighted by atomic mass is 10.2. The molecule has 0 bridgehead atoms. The number of hydrogen-bond acceptors (Lipinski definition) is 3. The molecular weight excluding hydrogens is 253 g/mol. The first kappa shape index (κ1) is 13.1. The molecule has 88 valence electrons. The van der Waals surface area contributed by atoms with Gasteiger partial charge >= 0.3 is 5.69 Å². The number of halogens is 2. The molecule has 1 atom stereocenters. The lowest BCUT2D eigenvalue weighted by molar-refractivity contribution is -0.385. The van der Waals surface area contributed by atoms with Gasteiger partial charge in [0.1, 0.15) is 0 Å². The Morgan fingerprint density at radius 3 is 2.81 bits per heavy atom. The Bertz CT molecular complexity index is 384. The maximum atomic E-state index is 10.7. The summed E-state index contributed by atoms with van der Waals surface area (Å²) in [6, 6.07) is 4.30. The van der Waals surface area contributed by atoms with Gasteiger partial charge in [0.25, 0.3) is 0 Å². The van der Waals surface area contributed by atoms with Crippen LogP contribution in [0.1, 0.15) is 6.92 Å². The molecule has 0 heterocycles. The lowest BCUT2D eigenvalue weighted by Crippen LogP contribution is -2.10. The van der Waals surface area contributed by atoms with Crippen molar-refractivity contribution in [3.05, 3.63) is 33.3 Å². The van der Waals surface area contributed by atoms with Gasteiger partial charge in [-0.2, -0.15) is 0 Å². The molecule has 6 heteroatoms. The van der Waals surface area contributed by atoms with Crippen molar-refractivity contribution in [3.63, 3.8) is 0 Å². The van der Waals surface area contributed by atoms with Crippen molar-refractivity contribution in [1.29, 1.82) is 0 Å². The number of benzene rings is 1. The van der Waals surface area contributed by atoms with Crippen molar-refractivity contribution in [3.8, 4) is 5.75 Å². The van der Waals surface area contributed by atoms with Crippen molar-refractivity contribution in [2.75, 3.05) is 12.5 Å². The fraction of sp³-hybridized carbons (Fsp3) is 0.400. The molecule has 1 aromatic carbocycles. The second-order valence-corrected chi connectivity index (χ2v) is 4.18. The lowest BCUT2D eigenvalue weighted by Gasteiger charge is -2.10. The predicted molar refractivity (Wildman–Crippen MR) is 63.5 cm³/mol. The summed E-state index contributed by atoms with van der Waals surface area (Å²) in [5.41, 5.74) is -0.130. The summed E-state index contributed by atoms with van der Waals surface area (Å²) < 4.78 is 5.32. The highest BCUT2D eigenvalue weighted by Gasteiger charge is 2.16. The zero-order chi connectivity index (χ0) is 12.1. The topological polar surface area (TPSA) is 52.4 Å². The van der Waals surface area contributed by atoms with E-state index in [4.69, 9.17) is 27.9 Å². The maximum absolute atomic E-state index is 10.7. The fourth-order valence-electron chi connectivity index (χ4n) is 1.03. The molecule has 0 saturated heterocycles. The van der Waals surface area contributed by atoms with Crippen LogP contribution in [0.5, 0.6) is 5.75 Å². The second kappa shape index (κ2) is 5.92. The highest BCUT2D eigenvalue weighted by atomic mass is 35.5. The number of nitro benzene ring substituents is 1. The van der Waals surface area contributed by atoms with Gasteiger partial charge in [0.05, 0.1) is 11.5 Å². The third-order valence-corrected chi connectivity index (χ3v) is 2.67. The van der Waals surface area contributed by atoms with Gasteiger partial charge in [-0.25, -0.2) is 0 Å². The maximum Gasteiger partial charge on any atom is 0.312 e. The first-order chi connectivity index (χ1) is 7.54. The van der Waals surface area contributed by atoms with E-state index in [0.29, 0.717) is 17.5 Å². The van der Waals surface area contributed by atoms with Gasteiger partial charge in [-0.1, -0.05) is 18.5 Å². The van der Waals surface area contributed by atoms with Crippen LogP contribution in [0.15, 0.2) is 18.2 Å². The minimum absolute atomic E-state index is 0.130. The number of nitro groups is 1. The van der Waals surface area contributed by atoms with Crippen LogP contribution in [-0.4, -0.2) is 17.4 Å². The summed E-state index contributed by atoms with van der Waals surface area (Å²) in [7, 11) is 0. The van der Waals surface area contributed by atoms with Crippen molar-refractivity contribution in [2.45, 2.75) is 6.92 Å². The smallest absolute Gasteiger partial charge is 0.312 e. The predicted octanol–water partition coefficient (Wildman–Crippen LogP) is 3.50. The number of hydrogen-bond donors (Lipinski definition) is 0. The van der Waals surface area contributed by atoms with Crippen molar-refractivity contribution in [2.24, 2.45) is 5.92 Å². The van der Waals surface area contributed by atoms with E-state index < -0.39 is 4.92 Å². The largest absolute Gasteiger partial charge is 0.486 e. The summed E-state index contributed by atoms with van der Waals surface area (Å²) in [4.78, 5) is 10.2. The molecule has 4 nitrogen and oxygen atoms in total. The number of rotatable bonds is 5. The fourth-order valence-corrected chi connectivity index (χ4v) is 1.29. The Hall–Kier alpha value is -1.00. The average molecular weight is 264 g/mol. The first-order valence-corrected chi connectivity index (χ1v) is 5.58. The normalized spacial score (nSPS) is 12.2. The van der Waals surface area contributed by atoms with Crippen molar-refractivity contribution < 1.29 is 9.66 Å². The second-order valence-electron chi connectivity index (χ2n) is 3.44. The highest BCUT2D eigenvalue weighted by Crippen LogP contribution is 2.30. The van der Waals surface area contributed by atoms with Gasteiger partial charge < -0.3 is 4.74 Å². The molecule has 0 radical (unpaired) electrons. The van der Waals surface area contributed by atoms with E-state index in [1.807, 2.05) is 6.92 Å². The molecule has 0 spiro atoms. The van der Waals surface area contributed by atoms with Gasteiger partial charge in [0.2, 0.25) is 0 Å². The minimum Gasteiger partial charge on any atom is -0.486 e. The van der Waals surface area contributed by atoms with Gasteiger partial charge in [-0.05, 0) is 12.1 Å². The summed E-state index contributed by atoms with van der Waals surface area (Å²) in [5.74, 6) is 0.796. The van der Waals surface area contributed by atoms with Crippen molar-refractivity contribution >= 4 is 28.9 Å². The standard InChI is InChI=1S/C10H11Cl2NO3/c1-7(5-11)6-16-10-3-2-8(12)4-9(10)13(14)15/h2-4,7H,5-6H2,1H3. The molecule has 16 heavy (non-hydrogen) atoms. The van der Waals surface area contributed by atoms with Crippen molar-refractivity contribution in [1.82, 2.24) is 0 Å². The third-order valence-electron chi connectivity index (χ3n) is 1.90. The molecule has 0 aliphatic carbocycles. The Labute approximate surface area is 103 Å². The Kier molecular flexibility index (Phi) is 4.83. The van der Waals surface area contributed by atoms with Crippen LogP contribution in [0.3, 0.4) is 0 Å². The molecule has 1 aromatic rings. The molecule has 0 aromatic heterocycles. The SMILES string of the molecule is CC(CCl)COc1ccc(Cl)cc1[N+](=O)[O-]. The van der Waals surface area contributed by atoms with Gasteiger partial charge in [0, 0.05) is 22.9 Å². The van der Waals surface area contributed by atoms with E-state index in [1.54, 1.807) is 6.07 Å². The molecular formula is C10H11Cl2NO3. The number of ether oxygens (including phenoxy) is 1. The molecule has 1 rings (SSSR count). The Morgan fingerprint density at radius 2 is 2.25 bits per heavy atom. The third kappa shape index (κ3) is 3.54.